The number of sulfonamides is 1. The molecule has 0 saturated carbocycles. The van der Waals surface area contributed by atoms with Gasteiger partial charge in [0.1, 0.15) is 16.5 Å². The molecule has 0 N–H and O–H groups in total. The lowest BCUT2D eigenvalue weighted by molar-refractivity contribution is -0.117. The van der Waals surface area contributed by atoms with Gasteiger partial charge >= 0.3 is 0 Å². The van der Waals surface area contributed by atoms with Crippen molar-refractivity contribution in [2.24, 2.45) is 0 Å². The molecule has 0 radical (unpaired) electrons. The average molecular weight is 285 g/mol. The van der Waals surface area contributed by atoms with Gasteiger partial charge in [0.15, 0.2) is 0 Å². The number of hydrogen-bond donors (Lipinski definition) is 0. The Kier molecular flexibility index (Phi) is 4.01. The van der Waals surface area contributed by atoms with E-state index in [9.17, 15) is 17.6 Å². The number of benzene rings is 1. The van der Waals surface area contributed by atoms with E-state index in [0.29, 0.717) is 19.4 Å². The van der Waals surface area contributed by atoms with E-state index < -0.39 is 15.8 Å². The molecule has 4 nitrogen and oxygen atoms in total. The molecule has 19 heavy (non-hydrogen) atoms. The molecule has 1 atom stereocenters. The number of rotatable bonds is 4. The maximum Gasteiger partial charge on any atom is 0.246 e. The molecule has 0 amide bonds. The van der Waals surface area contributed by atoms with Crippen molar-refractivity contribution in [3.63, 3.8) is 0 Å². The third kappa shape index (κ3) is 2.84. The summed E-state index contributed by atoms with van der Waals surface area (Å²) in [5.74, 6) is -0.809. The van der Waals surface area contributed by atoms with Gasteiger partial charge in [-0.25, -0.2) is 12.8 Å². The lowest BCUT2D eigenvalue weighted by Crippen LogP contribution is -2.36. The van der Waals surface area contributed by atoms with E-state index in [2.05, 4.69) is 0 Å². The summed E-state index contributed by atoms with van der Waals surface area (Å²) in [6, 6.07) is 4.98. The second-order valence-corrected chi connectivity index (χ2v) is 6.61. The van der Waals surface area contributed by atoms with Crippen LogP contribution >= 0.6 is 0 Å². The van der Waals surface area contributed by atoms with Crippen molar-refractivity contribution in [1.82, 2.24) is 4.31 Å². The van der Waals surface area contributed by atoms with Crippen LogP contribution in [0, 0.1) is 5.82 Å². The van der Waals surface area contributed by atoms with Gasteiger partial charge in [0.05, 0.1) is 0 Å². The molecular weight excluding hydrogens is 269 g/mol. The average Bonchev–Trinajstić information content (AvgIpc) is 2.77. The van der Waals surface area contributed by atoms with Crippen LogP contribution in [0.25, 0.3) is 0 Å². The third-order valence-electron chi connectivity index (χ3n) is 3.27. The van der Waals surface area contributed by atoms with Crippen LogP contribution in [-0.2, 0) is 14.8 Å². The molecule has 1 fully saturated rings. The Morgan fingerprint density at radius 2 is 2.11 bits per heavy atom. The summed E-state index contributed by atoms with van der Waals surface area (Å²) in [6.45, 7) is 1.78. The summed E-state index contributed by atoms with van der Waals surface area (Å²) in [6.07, 6.45) is 1.53. The van der Waals surface area contributed by atoms with Crippen LogP contribution in [0.4, 0.5) is 4.39 Å². The first kappa shape index (κ1) is 14.1. The topological polar surface area (TPSA) is 54.5 Å². The maximum atomic E-state index is 13.7. The van der Waals surface area contributed by atoms with Crippen molar-refractivity contribution >= 4 is 15.8 Å². The Balaban J connectivity index is 2.34. The van der Waals surface area contributed by atoms with E-state index in [1.807, 2.05) is 0 Å². The fraction of sp³-hybridized carbons (Fsp3) is 0.462. The van der Waals surface area contributed by atoms with Crippen molar-refractivity contribution in [1.29, 1.82) is 0 Å². The van der Waals surface area contributed by atoms with Gasteiger partial charge in [-0.3, -0.25) is 4.79 Å². The zero-order chi connectivity index (χ0) is 14.0. The number of halogens is 1. The Bertz CT molecular complexity index is 585. The zero-order valence-corrected chi connectivity index (χ0v) is 11.5. The third-order valence-corrected chi connectivity index (χ3v) is 5.25. The molecule has 0 spiro atoms. The van der Waals surface area contributed by atoms with E-state index in [0.717, 1.165) is 6.07 Å². The normalized spacial score (nSPS) is 20.6. The van der Waals surface area contributed by atoms with Gasteiger partial charge in [-0.15, -0.1) is 0 Å². The van der Waals surface area contributed by atoms with Crippen LogP contribution in [0.3, 0.4) is 0 Å². The highest BCUT2D eigenvalue weighted by molar-refractivity contribution is 7.89. The molecule has 1 aliphatic rings. The second kappa shape index (κ2) is 5.38. The van der Waals surface area contributed by atoms with Crippen molar-refractivity contribution in [2.45, 2.75) is 37.1 Å². The monoisotopic (exact) mass is 285 g/mol. The van der Waals surface area contributed by atoms with Crippen LogP contribution in [-0.4, -0.2) is 31.1 Å². The number of carbonyl (C=O) groups is 1. The van der Waals surface area contributed by atoms with Gasteiger partial charge in [-0.05, 0) is 31.9 Å². The Morgan fingerprint density at radius 3 is 2.74 bits per heavy atom. The first-order valence-corrected chi connectivity index (χ1v) is 7.63. The second-order valence-electron chi connectivity index (χ2n) is 4.75. The van der Waals surface area contributed by atoms with Gasteiger partial charge in [0.2, 0.25) is 10.0 Å². The fourth-order valence-corrected chi connectivity index (χ4v) is 4.20. The highest BCUT2D eigenvalue weighted by Crippen LogP contribution is 2.29. The fourth-order valence-electron chi connectivity index (χ4n) is 2.44. The first-order valence-electron chi connectivity index (χ1n) is 6.18. The van der Waals surface area contributed by atoms with E-state index in [1.165, 1.54) is 29.4 Å². The Labute approximate surface area is 112 Å². The highest BCUT2D eigenvalue weighted by atomic mass is 32.2. The van der Waals surface area contributed by atoms with Gasteiger partial charge in [-0.2, -0.15) is 4.31 Å². The van der Waals surface area contributed by atoms with Gasteiger partial charge in [0.25, 0.3) is 0 Å². The summed E-state index contributed by atoms with van der Waals surface area (Å²) < 4.78 is 39.8. The minimum Gasteiger partial charge on any atom is -0.300 e. The zero-order valence-electron chi connectivity index (χ0n) is 10.7. The summed E-state index contributed by atoms with van der Waals surface area (Å²) in [7, 11) is -3.86. The molecule has 1 saturated heterocycles. The molecule has 0 aliphatic carbocycles. The van der Waals surface area contributed by atoms with Crippen LogP contribution in [0.1, 0.15) is 26.2 Å². The first-order chi connectivity index (χ1) is 8.93. The van der Waals surface area contributed by atoms with Crippen LogP contribution < -0.4 is 0 Å². The number of carbonyl (C=O) groups excluding carboxylic acids is 1. The number of Topliss-reactive ketones (excluding diaryl/α,β-unsaturated/α-hetero) is 1. The predicted octanol–water partition coefficient (Wildman–Crippen LogP) is 1.96. The molecule has 104 valence electrons. The SMILES string of the molecule is CC(=O)CC1CCCN1S(=O)(=O)c1ccccc1F. The summed E-state index contributed by atoms with van der Waals surface area (Å²) >= 11 is 0. The summed E-state index contributed by atoms with van der Waals surface area (Å²) in [4.78, 5) is 10.9. The molecular formula is C13H16FNO3S. The molecule has 1 aromatic carbocycles. The lowest BCUT2D eigenvalue weighted by Gasteiger charge is -2.23. The minimum atomic E-state index is -3.86. The summed E-state index contributed by atoms with van der Waals surface area (Å²) in [5, 5.41) is 0. The number of hydrogen-bond acceptors (Lipinski definition) is 3. The molecule has 0 bridgehead atoms. The van der Waals surface area contributed by atoms with Crippen molar-refractivity contribution in [2.75, 3.05) is 6.54 Å². The Hall–Kier alpha value is -1.27. The molecule has 1 aromatic rings. The molecule has 2 rings (SSSR count). The van der Waals surface area contributed by atoms with Crippen molar-refractivity contribution in [3.05, 3.63) is 30.1 Å². The van der Waals surface area contributed by atoms with Crippen molar-refractivity contribution in [3.8, 4) is 0 Å². The Morgan fingerprint density at radius 1 is 1.42 bits per heavy atom. The molecule has 1 aliphatic heterocycles. The van der Waals surface area contributed by atoms with Gasteiger partial charge < -0.3 is 0 Å². The molecule has 1 unspecified atom stereocenters. The molecule has 6 heteroatoms. The molecule has 0 aromatic heterocycles. The van der Waals surface area contributed by atoms with Crippen LogP contribution in [0.15, 0.2) is 29.2 Å². The van der Waals surface area contributed by atoms with Gasteiger partial charge in [-0.1, -0.05) is 12.1 Å². The summed E-state index contributed by atoms with van der Waals surface area (Å²) in [5.41, 5.74) is 0. The molecule has 1 heterocycles. The quantitative estimate of drug-likeness (QED) is 0.849. The number of ketones is 1. The van der Waals surface area contributed by atoms with Crippen LogP contribution in [0.2, 0.25) is 0 Å². The van der Waals surface area contributed by atoms with Crippen molar-refractivity contribution < 1.29 is 17.6 Å². The largest absolute Gasteiger partial charge is 0.300 e. The minimum absolute atomic E-state index is 0.0550. The predicted molar refractivity (Wildman–Crippen MR) is 68.6 cm³/mol. The van der Waals surface area contributed by atoms with E-state index >= 15 is 0 Å². The van der Waals surface area contributed by atoms with E-state index in [4.69, 9.17) is 0 Å². The van der Waals surface area contributed by atoms with E-state index in [-0.39, 0.29) is 23.1 Å². The smallest absolute Gasteiger partial charge is 0.246 e. The van der Waals surface area contributed by atoms with Crippen LogP contribution in [0.5, 0.6) is 0 Å². The lowest BCUT2D eigenvalue weighted by atomic mass is 10.1. The van der Waals surface area contributed by atoms with E-state index in [1.54, 1.807) is 0 Å². The number of nitrogens with zero attached hydrogens (tertiary/aromatic N) is 1. The standard InChI is InChI=1S/C13H16FNO3S/c1-10(16)9-11-5-4-8-15(11)19(17,18)13-7-3-2-6-12(13)14/h2-3,6-7,11H,4-5,8-9H2,1H3. The highest BCUT2D eigenvalue weighted by Gasteiger charge is 2.36. The van der Waals surface area contributed by atoms with Gasteiger partial charge in [0, 0.05) is 19.0 Å². The maximum absolute atomic E-state index is 13.7.